The van der Waals surface area contributed by atoms with Gasteiger partial charge in [-0.2, -0.15) is 0 Å². The van der Waals surface area contributed by atoms with Crippen LogP contribution in [-0.2, 0) is 0 Å². The van der Waals surface area contributed by atoms with Crippen LogP contribution in [0.1, 0.15) is 46.8 Å². The standard InChI is InChI=1S/C29H29F3N4O2/c1-20-4-3-15-36-26(19-33-27(20)36)28(37)34-18-21-5-2-6-24(10-7-21)35-16-13-23(14-17-35)22-8-11-25(12-9-22)38-29(30,31)32/h3-12,15,19,23H,2,13-14,16-18H2,1H3,(H,34,37). The Kier molecular flexibility index (Phi) is 7.26. The maximum atomic E-state index is 12.8. The van der Waals surface area contributed by atoms with Crippen LogP contribution in [0.4, 0.5) is 13.2 Å². The molecule has 1 fully saturated rings. The van der Waals surface area contributed by atoms with Gasteiger partial charge in [-0.15, -0.1) is 13.2 Å². The summed E-state index contributed by atoms with van der Waals surface area (Å²) in [7, 11) is 0. The zero-order chi connectivity index (χ0) is 26.7. The van der Waals surface area contributed by atoms with Gasteiger partial charge in [-0.1, -0.05) is 36.4 Å². The van der Waals surface area contributed by atoms with Gasteiger partial charge in [0.1, 0.15) is 17.1 Å². The summed E-state index contributed by atoms with van der Waals surface area (Å²) in [5.74, 6) is -0.0654. The lowest BCUT2D eigenvalue weighted by atomic mass is 9.89. The van der Waals surface area contributed by atoms with Crippen molar-refractivity contribution < 1.29 is 22.7 Å². The molecule has 3 heterocycles. The molecule has 0 spiro atoms. The number of carbonyl (C=O) groups excluding carboxylic acids is 1. The fraction of sp³-hybridized carbons (Fsp3) is 0.310. The summed E-state index contributed by atoms with van der Waals surface area (Å²) >= 11 is 0. The summed E-state index contributed by atoms with van der Waals surface area (Å²) in [4.78, 5) is 19.5. The Balaban J connectivity index is 1.12. The van der Waals surface area contributed by atoms with E-state index in [1.54, 1.807) is 22.7 Å². The third-order valence-corrected chi connectivity index (χ3v) is 7.04. The Labute approximate surface area is 219 Å². The molecule has 1 N–H and O–H groups in total. The molecule has 0 saturated carbocycles. The summed E-state index contributed by atoms with van der Waals surface area (Å²) in [6.45, 7) is 4.11. The number of hydrogen-bond donors (Lipinski definition) is 1. The number of benzene rings is 1. The molecule has 198 valence electrons. The third-order valence-electron chi connectivity index (χ3n) is 7.04. The van der Waals surface area contributed by atoms with Crippen LogP contribution in [0, 0.1) is 6.92 Å². The predicted molar refractivity (Wildman–Crippen MR) is 139 cm³/mol. The number of rotatable bonds is 6. The number of piperidine rings is 1. The maximum absolute atomic E-state index is 12.8. The minimum atomic E-state index is -4.68. The molecule has 1 amide bonds. The number of aryl methyl sites for hydroxylation is 1. The number of nitrogens with zero attached hydrogens (tertiary/aromatic N) is 3. The second-order valence-corrected chi connectivity index (χ2v) is 9.57. The summed E-state index contributed by atoms with van der Waals surface area (Å²) in [6.07, 6.45) is 9.79. The van der Waals surface area contributed by atoms with Crippen LogP contribution in [0.2, 0.25) is 0 Å². The number of likely N-dealkylation sites (tertiary alicyclic amines) is 1. The predicted octanol–water partition coefficient (Wildman–Crippen LogP) is 5.92. The van der Waals surface area contributed by atoms with Crippen LogP contribution in [0.15, 0.2) is 84.4 Å². The number of pyridine rings is 1. The normalized spacial score (nSPS) is 16.7. The summed E-state index contributed by atoms with van der Waals surface area (Å²) in [5.41, 5.74) is 5.50. The van der Waals surface area contributed by atoms with E-state index in [1.165, 1.54) is 12.1 Å². The van der Waals surface area contributed by atoms with E-state index < -0.39 is 6.36 Å². The lowest BCUT2D eigenvalue weighted by Crippen LogP contribution is -2.31. The Hall–Kier alpha value is -4.01. The molecule has 1 aliphatic carbocycles. The number of ether oxygens (including phenoxy) is 1. The van der Waals surface area contributed by atoms with E-state index in [1.807, 2.05) is 31.3 Å². The molecule has 0 bridgehead atoms. The average molecular weight is 523 g/mol. The van der Waals surface area contributed by atoms with Crippen molar-refractivity contribution in [3.05, 3.63) is 101 Å². The minimum Gasteiger partial charge on any atom is -0.406 e. The van der Waals surface area contributed by atoms with Crippen LogP contribution in [-0.4, -0.2) is 46.2 Å². The van der Waals surface area contributed by atoms with E-state index in [0.717, 1.165) is 60.4 Å². The maximum Gasteiger partial charge on any atom is 0.573 e. The van der Waals surface area contributed by atoms with Gasteiger partial charge in [-0.05, 0) is 73.1 Å². The Morgan fingerprint density at radius 3 is 2.61 bits per heavy atom. The molecule has 6 nitrogen and oxygen atoms in total. The highest BCUT2D eigenvalue weighted by Gasteiger charge is 2.31. The molecule has 2 aromatic heterocycles. The van der Waals surface area contributed by atoms with Crippen molar-refractivity contribution >= 4 is 11.6 Å². The van der Waals surface area contributed by atoms with Gasteiger partial charge in [0.2, 0.25) is 0 Å². The van der Waals surface area contributed by atoms with E-state index in [2.05, 4.69) is 38.2 Å². The van der Waals surface area contributed by atoms with Gasteiger partial charge in [0.15, 0.2) is 0 Å². The first-order valence-corrected chi connectivity index (χ1v) is 12.7. The lowest BCUT2D eigenvalue weighted by Gasteiger charge is -2.34. The first-order valence-electron chi connectivity index (χ1n) is 12.7. The fourth-order valence-electron chi connectivity index (χ4n) is 5.03. The molecule has 2 aliphatic rings. The fourth-order valence-corrected chi connectivity index (χ4v) is 5.03. The van der Waals surface area contributed by atoms with Crippen LogP contribution in [0.25, 0.3) is 5.65 Å². The first-order chi connectivity index (χ1) is 18.3. The monoisotopic (exact) mass is 522 g/mol. The number of carbonyl (C=O) groups is 1. The number of fused-ring (bicyclic) bond motifs is 1. The highest BCUT2D eigenvalue weighted by molar-refractivity contribution is 5.93. The number of hydrogen-bond acceptors (Lipinski definition) is 4. The van der Waals surface area contributed by atoms with Gasteiger partial charge in [0.25, 0.3) is 5.91 Å². The molecule has 3 aromatic rings. The SMILES string of the molecule is Cc1cccn2c(C(=O)NCC3=CCC=C(N4CCC(c5ccc(OC(F)(F)F)cc5)CC4)C=C3)cnc12. The van der Waals surface area contributed by atoms with Gasteiger partial charge in [0.05, 0.1) is 6.20 Å². The molecule has 1 aliphatic heterocycles. The quantitative estimate of drug-likeness (QED) is 0.437. The Morgan fingerprint density at radius 1 is 1.11 bits per heavy atom. The highest BCUT2D eigenvalue weighted by Crippen LogP contribution is 2.32. The van der Waals surface area contributed by atoms with Crippen LogP contribution in [0.3, 0.4) is 0 Å². The van der Waals surface area contributed by atoms with Gasteiger partial charge in [0, 0.05) is 31.5 Å². The average Bonchev–Trinajstić information content (AvgIpc) is 3.20. The van der Waals surface area contributed by atoms with Crippen molar-refractivity contribution in [2.75, 3.05) is 19.6 Å². The summed E-state index contributed by atoms with van der Waals surface area (Å²) in [5, 5.41) is 3.00. The van der Waals surface area contributed by atoms with Crippen molar-refractivity contribution in [1.82, 2.24) is 19.6 Å². The van der Waals surface area contributed by atoms with E-state index in [0.29, 0.717) is 18.2 Å². The van der Waals surface area contributed by atoms with Gasteiger partial charge < -0.3 is 15.0 Å². The van der Waals surface area contributed by atoms with Crippen molar-refractivity contribution in [2.24, 2.45) is 0 Å². The van der Waals surface area contributed by atoms with E-state index in [4.69, 9.17) is 0 Å². The molecule has 5 rings (SSSR count). The number of alkyl halides is 3. The number of aromatic nitrogens is 2. The second kappa shape index (κ2) is 10.8. The molecular weight excluding hydrogens is 493 g/mol. The second-order valence-electron chi connectivity index (χ2n) is 9.57. The number of imidazole rings is 1. The van der Waals surface area contributed by atoms with Crippen molar-refractivity contribution in [3.63, 3.8) is 0 Å². The van der Waals surface area contributed by atoms with Gasteiger partial charge >= 0.3 is 6.36 Å². The minimum absolute atomic E-state index is 0.171. The smallest absolute Gasteiger partial charge is 0.406 e. The molecular formula is C29H29F3N4O2. The highest BCUT2D eigenvalue weighted by atomic mass is 19.4. The summed E-state index contributed by atoms with van der Waals surface area (Å²) < 4.78 is 43.0. The lowest BCUT2D eigenvalue weighted by molar-refractivity contribution is -0.274. The van der Waals surface area contributed by atoms with Gasteiger partial charge in [-0.3, -0.25) is 9.20 Å². The van der Waals surface area contributed by atoms with Crippen LogP contribution < -0.4 is 10.1 Å². The zero-order valence-corrected chi connectivity index (χ0v) is 21.0. The molecule has 1 aromatic carbocycles. The van der Waals surface area contributed by atoms with Crippen LogP contribution in [0.5, 0.6) is 5.75 Å². The third kappa shape index (κ3) is 5.93. The first kappa shape index (κ1) is 25.6. The molecule has 38 heavy (non-hydrogen) atoms. The molecule has 1 saturated heterocycles. The van der Waals surface area contributed by atoms with Crippen LogP contribution >= 0.6 is 0 Å². The Bertz CT molecular complexity index is 1400. The van der Waals surface area contributed by atoms with Crippen molar-refractivity contribution in [2.45, 2.75) is 38.5 Å². The topological polar surface area (TPSA) is 58.9 Å². The van der Waals surface area contributed by atoms with E-state index >= 15 is 0 Å². The molecule has 0 radical (unpaired) electrons. The number of halogens is 3. The van der Waals surface area contributed by atoms with Crippen molar-refractivity contribution in [3.8, 4) is 5.75 Å². The largest absolute Gasteiger partial charge is 0.573 e. The summed E-state index contributed by atoms with van der Waals surface area (Å²) in [6, 6.07) is 10.1. The number of allylic oxidation sites excluding steroid dienone is 3. The van der Waals surface area contributed by atoms with E-state index in [9.17, 15) is 18.0 Å². The van der Waals surface area contributed by atoms with Gasteiger partial charge in [-0.25, -0.2) is 4.98 Å². The molecule has 9 heteroatoms. The zero-order valence-electron chi connectivity index (χ0n) is 21.0. The molecule has 0 atom stereocenters. The Morgan fingerprint density at radius 2 is 1.87 bits per heavy atom. The van der Waals surface area contributed by atoms with Crippen molar-refractivity contribution in [1.29, 1.82) is 0 Å². The number of nitrogens with one attached hydrogen (secondary N) is 1. The van der Waals surface area contributed by atoms with E-state index in [-0.39, 0.29) is 11.7 Å². The number of amides is 1. The molecule has 0 unspecified atom stereocenters.